The predicted octanol–water partition coefficient (Wildman–Crippen LogP) is 2.44. The lowest BCUT2D eigenvalue weighted by Gasteiger charge is -2.33. The van der Waals surface area contributed by atoms with Crippen LogP contribution in [0.1, 0.15) is 50.2 Å². The number of benzene rings is 2. The highest BCUT2D eigenvalue weighted by Gasteiger charge is 2.47. The Morgan fingerprint density at radius 3 is 2.40 bits per heavy atom. The average molecular weight is 578 g/mol. The van der Waals surface area contributed by atoms with E-state index in [1.807, 2.05) is 54.6 Å². The highest BCUT2D eigenvalue weighted by molar-refractivity contribution is 5.94. The molecule has 0 aliphatic carbocycles. The quantitative estimate of drug-likeness (QED) is 0.257. The van der Waals surface area contributed by atoms with Gasteiger partial charge in [-0.05, 0) is 94.3 Å². The highest BCUT2D eigenvalue weighted by atomic mass is 16.5. The molecule has 0 spiro atoms. The summed E-state index contributed by atoms with van der Waals surface area (Å²) < 4.78 is 5.22. The Labute approximate surface area is 250 Å². The maximum Gasteiger partial charge on any atom is 0.246 e. The molecule has 0 radical (unpaired) electrons. The van der Waals surface area contributed by atoms with Crippen LogP contribution in [-0.4, -0.2) is 80.6 Å². The molecule has 0 unspecified atom stereocenters. The van der Waals surface area contributed by atoms with Crippen molar-refractivity contribution in [2.24, 2.45) is 5.92 Å². The summed E-state index contributed by atoms with van der Waals surface area (Å²) in [5.41, 5.74) is 2.15. The Hall–Kier alpha value is -3.43. The third kappa shape index (κ3) is 8.10. The van der Waals surface area contributed by atoms with E-state index >= 15 is 0 Å². The lowest BCUT2D eigenvalue weighted by atomic mass is 9.90. The van der Waals surface area contributed by atoms with Crippen LogP contribution >= 0.6 is 0 Å². The largest absolute Gasteiger partial charge is 0.497 e. The van der Waals surface area contributed by atoms with Crippen LogP contribution < -0.4 is 26.0 Å². The van der Waals surface area contributed by atoms with Crippen molar-refractivity contribution in [1.82, 2.24) is 26.2 Å². The van der Waals surface area contributed by atoms with Crippen molar-refractivity contribution in [3.8, 4) is 5.75 Å². The molecule has 2 aromatic carbocycles. The van der Waals surface area contributed by atoms with E-state index < -0.39 is 18.1 Å². The van der Waals surface area contributed by atoms with Crippen LogP contribution in [-0.2, 0) is 27.2 Å². The number of hydrogen-bond acceptors (Lipinski definition) is 6. The summed E-state index contributed by atoms with van der Waals surface area (Å²) >= 11 is 0. The fourth-order valence-electron chi connectivity index (χ4n) is 6.32. The monoisotopic (exact) mass is 577 g/mol. The topological polar surface area (TPSA) is 112 Å². The molecular formula is C33H47N5O4. The second-order valence-corrected chi connectivity index (χ2v) is 11.4. The van der Waals surface area contributed by atoms with Crippen LogP contribution in [0.25, 0.3) is 0 Å². The minimum atomic E-state index is -0.666. The molecule has 228 valence electrons. The maximum absolute atomic E-state index is 14.2. The molecule has 2 aliphatic heterocycles. The summed E-state index contributed by atoms with van der Waals surface area (Å²) in [4.78, 5) is 43.0. The van der Waals surface area contributed by atoms with Crippen molar-refractivity contribution < 1.29 is 19.1 Å². The zero-order valence-corrected chi connectivity index (χ0v) is 25.2. The molecule has 0 saturated carbocycles. The highest BCUT2D eigenvalue weighted by Crippen LogP contribution is 2.35. The van der Waals surface area contributed by atoms with E-state index in [0.29, 0.717) is 25.8 Å². The van der Waals surface area contributed by atoms with Gasteiger partial charge in [0, 0.05) is 12.6 Å². The molecule has 3 amide bonds. The SMILES string of the molecule is CCNCC[C@H]1CC[C@H]2CC[C@@H](C(=O)NCCc3ccc(OC)cc3)N2C(=O)[C@H]1NC(=O)[C@@H](Cc1ccccc1)NC. The molecule has 0 aromatic heterocycles. The van der Waals surface area contributed by atoms with Gasteiger partial charge in [-0.2, -0.15) is 0 Å². The molecule has 2 aromatic rings. The molecule has 2 aliphatic rings. The van der Waals surface area contributed by atoms with Crippen molar-refractivity contribution in [3.05, 3.63) is 65.7 Å². The van der Waals surface area contributed by atoms with Crippen LogP contribution in [0, 0.1) is 5.92 Å². The van der Waals surface area contributed by atoms with Gasteiger partial charge in [0.25, 0.3) is 0 Å². The van der Waals surface area contributed by atoms with Crippen LogP contribution in [0.15, 0.2) is 54.6 Å². The molecule has 5 atom stereocenters. The second-order valence-electron chi connectivity index (χ2n) is 11.4. The van der Waals surface area contributed by atoms with E-state index in [4.69, 9.17) is 4.74 Å². The number of nitrogens with one attached hydrogen (secondary N) is 4. The number of carbonyl (C=O) groups is 3. The zero-order chi connectivity index (χ0) is 29.9. The number of likely N-dealkylation sites (N-methyl/N-ethyl adjacent to an activating group) is 1. The van der Waals surface area contributed by atoms with Gasteiger partial charge < -0.3 is 30.9 Å². The molecule has 9 heteroatoms. The fourth-order valence-corrected chi connectivity index (χ4v) is 6.32. The van der Waals surface area contributed by atoms with E-state index in [0.717, 1.165) is 55.6 Å². The summed E-state index contributed by atoms with van der Waals surface area (Å²) in [6, 6.07) is 16.0. The fraction of sp³-hybridized carbons (Fsp3) is 0.545. The third-order valence-electron chi connectivity index (χ3n) is 8.73. The zero-order valence-electron chi connectivity index (χ0n) is 25.2. The van der Waals surface area contributed by atoms with E-state index in [2.05, 4.69) is 28.2 Å². The molecule has 9 nitrogen and oxygen atoms in total. The summed E-state index contributed by atoms with van der Waals surface area (Å²) in [7, 11) is 3.41. The van der Waals surface area contributed by atoms with Crippen molar-refractivity contribution in [2.45, 2.75) is 76.0 Å². The molecule has 2 heterocycles. The smallest absolute Gasteiger partial charge is 0.246 e. The Bertz CT molecular complexity index is 1160. The third-order valence-corrected chi connectivity index (χ3v) is 8.73. The van der Waals surface area contributed by atoms with Gasteiger partial charge in [-0.25, -0.2) is 0 Å². The Balaban J connectivity index is 1.45. The van der Waals surface area contributed by atoms with Crippen molar-refractivity contribution in [3.63, 3.8) is 0 Å². The van der Waals surface area contributed by atoms with Gasteiger partial charge in [-0.15, -0.1) is 0 Å². The number of nitrogens with zero attached hydrogens (tertiary/aromatic N) is 1. The summed E-state index contributed by atoms with van der Waals surface area (Å²) in [6.45, 7) is 4.18. The standard InChI is InChI=1S/C33H47N5O4/c1-4-35-20-19-25-12-13-26-14-17-29(32(40)36-21-18-23-10-15-27(42-3)16-11-23)38(26)33(41)30(25)37-31(39)28(34-2)22-24-8-6-5-7-9-24/h5-11,15-16,25-26,28-30,34-35H,4,12-14,17-22H2,1-3H3,(H,36,40)(H,37,39)/t25-,26+,28-,29+,30+/m1/s1. The molecule has 0 bridgehead atoms. The number of hydrogen-bond donors (Lipinski definition) is 4. The number of fused-ring (bicyclic) bond motifs is 1. The van der Waals surface area contributed by atoms with Gasteiger partial charge in [0.05, 0.1) is 13.2 Å². The van der Waals surface area contributed by atoms with Crippen molar-refractivity contribution in [1.29, 1.82) is 0 Å². The van der Waals surface area contributed by atoms with Crippen LogP contribution in [0.2, 0.25) is 0 Å². The number of methoxy groups -OCH3 is 1. The van der Waals surface area contributed by atoms with Gasteiger partial charge in [0.1, 0.15) is 17.8 Å². The number of ether oxygens (including phenoxy) is 1. The summed E-state index contributed by atoms with van der Waals surface area (Å²) in [6.07, 6.45) is 5.11. The first kappa shape index (κ1) is 31.5. The van der Waals surface area contributed by atoms with Gasteiger partial charge in [0.15, 0.2) is 0 Å². The van der Waals surface area contributed by atoms with Gasteiger partial charge in [-0.1, -0.05) is 49.4 Å². The first-order chi connectivity index (χ1) is 20.4. The lowest BCUT2D eigenvalue weighted by molar-refractivity contribution is -0.143. The van der Waals surface area contributed by atoms with E-state index in [1.54, 1.807) is 19.1 Å². The number of rotatable bonds is 14. The minimum Gasteiger partial charge on any atom is -0.497 e. The lowest BCUT2D eigenvalue weighted by Crippen LogP contribution is -2.58. The summed E-state index contributed by atoms with van der Waals surface area (Å²) in [5.74, 6) is 0.360. The Morgan fingerprint density at radius 2 is 1.71 bits per heavy atom. The molecule has 42 heavy (non-hydrogen) atoms. The molecule has 4 N–H and O–H groups in total. The second kappa shape index (κ2) is 15.7. The van der Waals surface area contributed by atoms with E-state index in [-0.39, 0.29) is 29.7 Å². The van der Waals surface area contributed by atoms with Crippen molar-refractivity contribution in [2.75, 3.05) is 33.8 Å². The Kier molecular flexibility index (Phi) is 11.8. The molecular weight excluding hydrogens is 530 g/mol. The maximum atomic E-state index is 14.2. The van der Waals surface area contributed by atoms with Crippen LogP contribution in [0.5, 0.6) is 5.75 Å². The molecule has 4 rings (SSSR count). The van der Waals surface area contributed by atoms with E-state index in [9.17, 15) is 14.4 Å². The van der Waals surface area contributed by atoms with Crippen LogP contribution in [0.3, 0.4) is 0 Å². The first-order valence-corrected chi connectivity index (χ1v) is 15.4. The van der Waals surface area contributed by atoms with E-state index in [1.165, 1.54) is 0 Å². The Morgan fingerprint density at radius 1 is 0.976 bits per heavy atom. The average Bonchev–Trinajstić information content (AvgIpc) is 3.40. The normalized spacial score (nSPS) is 22.6. The van der Waals surface area contributed by atoms with Gasteiger partial charge in [-0.3, -0.25) is 14.4 Å². The first-order valence-electron chi connectivity index (χ1n) is 15.4. The number of carbonyl (C=O) groups excluding carboxylic acids is 3. The number of amides is 3. The van der Waals surface area contributed by atoms with Crippen LogP contribution in [0.4, 0.5) is 0 Å². The predicted molar refractivity (Wildman–Crippen MR) is 164 cm³/mol. The summed E-state index contributed by atoms with van der Waals surface area (Å²) in [5, 5.41) is 12.7. The molecule has 2 fully saturated rings. The van der Waals surface area contributed by atoms with Gasteiger partial charge >= 0.3 is 0 Å². The molecule has 2 saturated heterocycles. The minimum absolute atomic E-state index is 0.000820. The van der Waals surface area contributed by atoms with Gasteiger partial charge in [0.2, 0.25) is 17.7 Å². The van der Waals surface area contributed by atoms with Crippen molar-refractivity contribution >= 4 is 17.7 Å².